The first-order valence-corrected chi connectivity index (χ1v) is 8.21. The summed E-state index contributed by atoms with van der Waals surface area (Å²) in [5.41, 5.74) is 1.99. The molecule has 0 bridgehead atoms. The van der Waals surface area contributed by atoms with E-state index >= 15 is 0 Å². The van der Waals surface area contributed by atoms with Crippen LogP contribution in [0.5, 0.6) is 0 Å². The topological polar surface area (TPSA) is 35.8 Å². The van der Waals surface area contributed by atoms with Gasteiger partial charge in [-0.1, -0.05) is 32.4 Å². The minimum atomic E-state index is 0.444. The summed E-state index contributed by atoms with van der Waals surface area (Å²) in [5, 5.41) is 12.9. The van der Waals surface area contributed by atoms with Gasteiger partial charge in [0, 0.05) is 12.2 Å². The summed E-state index contributed by atoms with van der Waals surface area (Å²) in [7, 11) is 0. The van der Waals surface area contributed by atoms with Crippen molar-refractivity contribution in [3.8, 4) is 6.07 Å². The van der Waals surface area contributed by atoms with Gasteiger partial charge in [-0.25, -0.2) is 0 Å². The fourth-order valence-electron chi connectivity index (χ4n) is 3.21. The van der Waals surface area contributed by atoms with Gasteiger partial charge in [0.1, 0.15) is 6.07 Å². The van der Waals surface area contributed by atoms with E-state index in [1.165, 1.54) is 25.7 Å². The number of halogens is 1. The summed E-state index contributed by atoms with van der Waals surface area (Å²) in [6.45, 7) is 8.07. The van der Waals surface area contributed by atoms with E-state index in [0.29, 0.717) is 16.0 Å². The first kappa shape index (κ1) is 16.2. The van der Waals surface area contributed by atoms with Gasteiger partial charge in [0.2, 0.25) is 0 Å². The van der Waals surface area contributed by atoms with E-state index in [2.05, 4.69) is 32.2 Å². The Morgan fingerprint density at radius 3 is 2.43 bits per heavy atom. The standard InChI is InChI=1S/C18H25ClN2/c1-18(2,3)15-7-4-13(5-8-15)12-21-16-9-6-14(11-20)17(19)10-16/h6,9-10,13,15,21H,4-5,7-8,12H2,1-3H3. The highest BCUT2D eigenvalue weighted by molar-refractivity contribution is 6.32. The Bertz CT molecular complexity index is 517. The Hall–Kier alpha value is -1.20. The maximum atomic E-state index is 8.88. The lowest BCUT2D eigenvalue weighted by molar-refractivity contribution is 0.153. The van der Waals surface area contributed by atoms with Gasteiger partial charge in [0.05, 0.1) is 10.6 Å². The molecule has 0 atom stereocenters. The van der Waals surface area contributed by atoms with Gasteiger partial charge < -0.3 is 5.32 Å². The smallest absolute Gasteiger partial charge is 0.101 e. The van der Waals surface area contributed by atoms with E-state index in [0.717, 1.165) is 24.1 Å². The minimum Gasteiger partial charge on any atom is -0.385 e. The van der Waals surface area contributed by atoms with Gasteiger partial charge in [-0.2, -0.15) is 5.26 Å². The zero-order valence-electron chi connectivity index (χ0n) is 13.2. The van der Waals surface area contributed by atoms with Crippen molar-refractivity contribution < 1.29 is 0 Å². The molecule has 1 aromatic rings. The zero-order valence-corrected chi connectivity index (χ0v) is 14.0. The third-order valence-corrected chi connectivity index (χ3v) is 5.07. The Labute approximate surface area is 133 Å². The lowest BCUT2D eigenvalue weighted by Gasteiger charge is -2.37. The van der Waals surface area contributed by atoms with Crippen LogP contribution in [0.1, 0.15) is 52.0 Å². The lowest BCUT2D eigenvalue weighted by atomic mass is 9.70. The highest BCUT2D eigenvalue weighted by Crippen LogP contribution is 2.39. The van der Waals surface area contributed by atoms with E-state index in [1.54, 1.807) is 6.07 Å². The van der Waals surface area contributed by atoms with Gasteiger partial charge in [0.15, 0.2) is 0 Å². The SMILES string of the molecule is CC(C)(C)C1CCC(CNc2ccc(C#N)c(Cl)c2)CC1. The minimum absolute atomic E-state index is 0.444. The van der Waals surface area contributed by atoms with Crippen molar-refractivity contribution in [2.75, 3.05) is 11.9 Å². The van der Waals surface area contributed by atoms with Crippen molar-refractivity contribution in [2.24, 2.45) is 17.3 Å². The van der Waals surface area contributed by atoms with Crippen LogP contribution in [0.3, 0.4) is 0 Å². The van der Waals surface area contributed by atoms with Crippen LogP contribution in [0.2, 0.25) is 5.02 Å². The quantitative estimate of drug-likeness (QED) is 0.803. The molecule has 114 valence electrons. The second-order valence-electron chi connectivity index (χ2n) is 7.27. The molecule has 21 heavy (non-hydrogen) atoms. The van der Waals surface area contributed by atoms with Crippen LogP contribution in [-0.4, -0.2) is 6.54 Å². The molecular formula is C18H25ClN2. The van der Waals surface area contributed by atoms with E-state index in [4.69, 9.17) is 16.9 Å². The predicted octanol–water partition coefficient (Wildman–Crippen LogP) is 5.48. The number of rotatable bonds is 3. The molecule has 1 aliphatic carbocycles. The number of anilines is 1. The first-order chi connectivity index (χ1) is 9.90. The third-order valence-electron chi connectivity index (χ3n) is 4.76. The average Bonchev–Trinajstić information content (AvgIpc) is 2.45. The largest absolute Gasteiger partial charge is 0.385 e. The second kappa shape index (κ2) is 6.71. The van der Waals surface area contributed by atoms with Crippen LogP contribution in [0.4, 0.5) is 5.69 Å². The predicted molar refractivity (Wildman–Crippen MR) is 89.6 cm³/mol. The molecule has 1 aliphatic rings. The highest BCUT2D eigenvalue weighted by atomic mass is 35.5. The van der Waals surface area contributed by atoms with E-state index in [-0.39, 0.29) is 0 Å². The van der Waals surface area contributed by atoms with Crippen molar-refractivity contribution in [3.63, 3.8) is 0 Å². The molecule has 0 aromatic heterocycles. The molecule has 1 fully saturated rings. The lowest BCUT2D eigenvalue weighted by Crippen LogP contribution is -2.28. The average molecular weight is 305 g/mol. The van der Waals surface area contributed by atoms with Gasteiger partial charge >= 0.3 is 0 Å². The van der Waals surface area contributed by atoms with E-state index in [9.17, 15) is 0 Å². The second-order valence-corrected chi connectivity index (χ2v) is 7.68. The third kappa shape index (κ3) is 4.38. The summed E-state index contributed by atoms with van der Waals surface area (Å²) < 4.78 is 0. The van der Waals surface area contributed by atoms with Crippen LogP contribution in [0.25, 0.3) is 0 Å². The number of hydrogen-bond acceptors (Lipinski definition) is 2. The van der Waals surface area contributed by atoms with Crippen molar-refractivity contribution in [2.45, 2.75) is 46.5 Å². The van der Waals surface area contributed by atoms with Crippen molar-refractivity contribution in [1.82, 2.24) is 0 Å². The van der Waals surface area contributed by atoms with Crippen LogP contribution in [-0.2, 0) is 0 Å². The number of nitriles is 1. The summed E-state index contributed by atoms with van der Waals surface area (Å²) in [4.78, 5) is 0. The molecule has 2 rings (SSSR count). The summed E-state index contributed by atoms with van der Waals surface area (Å²) in [6.07, 6.45) is 5.28. The molecule has 0 unspecified atom stereocenters. The van der Waals surface area contributed by atoms with E-state index < -0.39 is 0 Å². The Morgan fingerprint density at radius 2 is 1.90 bits per heavy atom. The van der Waals surface area contributed by atoms with Crippen molar-refractivity contribution in [1.29, 1.82) is 5.26 Å². The number of benzene rings is 1. The van der Waals surface area contributed by atoms with Crippen LogP contribution < -0.4 is 5.32 Å². The Kier molecular flexibility index (Phi) is 5.17. The van der Waals surface area contributed by atoms with E-state index in [1.807, 2.05) is 12.1 Å². The normalized spacial score (nSPS) is 22.6. The highest BCUT2D eigenvalue weighted by Gasteiger charge is 2.29. The fraction of sp³-hybridized carbons (Fsp3) is 0.611. The molecule has 0 saturated heterocycles. The fourth-order valence-corrected chi connectivity index (χ4v) is 3.43. The number of hydrogen-bond donors (Lipinski definition) is 1. The molecule has 1 saturated carbocycles. The van der Waals surface area contributed by atoms with Gasteiger partial charge in [-0.05, 0) is 61.1 Å². The molecule has 0 heterocycles. The van der Waals surface area contributed by atoms with Gasteiger partial charge in [-0.15, -0.1) is 0 Å². The molecule has 1 N–H and O–H groups in total. The van der Waals surface area contributed by atoms with Gasteiger partial charge in [-0.3, -0.25) is 0 Å². The summed E-state index contributed by atoms with van der Waals surface area (Å²) in [6, 6.07) is 7.65. The first-order valence-electron chi connectivity index (χ1n) is 7.83. The van der Waals surface area contributed by atoms with Crippen molar-refractivity contribution in [3.05, 3.63) is 28.8 Å². The summed E-state index contributed by atoms with van der Waals surface area (Å²) >= 11 is 6.06. The summed E-state index contributed by atoms with van der Waals surface area (Å²) in [5.74, 6) is 1.61. The number of nitrogens with one attached hydrogen (secondary N) is 1. The molecule has 0 amide bonds. The van der Waals surface area contributed by atoms with Crippen LogP contribution in [0, 0.1) is 28.6 Å². The Balaban J connectivity index is 1.83. The van der Waals surface area contributed by atoms with Crippen molar-refractivity contribution >= 4 is 17.3 Å². The zero-order chi connectivity index (χ0) is 15.5. The molecular weight excluding hydrogens is 280 g/mol. The molecule has 0 radical (unpaired) electrons. The molecule has 2 nitrogen and oxygen atoms in total. The number of nitrogens with zero attached hydrogens (tertiary/aromatic N) is 1. The van der Waals surface area contributed by atoms with Crippen LogP contribution >= 0.6 is 11.6 Å². The monoisotopic (exact) mass is 304 g/mol. The molecule has 0 aliphatic heterocycles. The molecule has 1 aromatic carbocycles. The molecule has 3 heteroatoms. The molecule has 0 spiro atoms. The van der Waals surface area contributed by atoms with Crippen LogP contribution in [0.15, 0.2) is 18.2 Å². The van der Waals surface area contributed by atoms with Gasteiger partial charge in [0.25, 0.3) is 0 Å². The Morgan fingerprint density at radius 1 is 1.24 bits per heavy atom. The maximum absolute atomic E-state index is 8.88. The maximum Gasteiger partial charge on any atom is 0.101 e.